The Morgan fingerprint density at radius 3 is 2.59 bits per heavy atom. The van der Waals surface area contributed by atoms with Crippen LogP contribution in [0.5, 0.6) is 11.6 Å². The Morgan fingerprint density at radius 2 is 1.94 bits per heavy atom. The van der Waals surface area contributed by atoms with Crippen molar-refractivity contribution in [2.45, 2.75) is 12.8 Å². The quantitative estimate of drug-likeness (QED) is 0.768. The molecule has 0 atom stereocenters. The zero-order valence-corrected chi connectivity index (χ0v) is 10.0. The highest BCUT2D eigenvalue weighted by Crippen LogP contribution is 2.21. The molecule has 17 heavy (non-hydrogen) atoms. The Bertz CT molecular complexity index is 513. The lowest BCUT2D eigenvalue weighted by Gasteiger charge is -2.07. The molecule has 0 aliphatic carbocycles. The molecule has 1 aromatic heterocycles. The molecular weight excluding hydrogens is 241 g/mol. The van der Waals surface area contributed by atoms with Crippen molar-refractivity contribution in [1.29, 1.82) is 0 Å². The number of pyridine rings is 1. The van der Waals surface area contributed by atoms with E-state index in [2.05, 4.69) is 4.98 Å². The van der Waals surface area contributed by atoms with Crippen LogP contribution in [0.25, 0.3) is 0 Å². The minimum absolute atomic E-state index is 0.295. The first kappa shape index (κ1) is 11.9. The monoisotopic (exact) mass is 251 g/mol. The number of aryl methyl sites for hydroxylation is 1. The molecule has 0 fully saturated rings. The van der Waals surface area contributed by atoms with Gasteiger partial charge in [-0.1, -0.05) is 0 Å². The van der Waals surface area contributed by atoms with Crippen LogP contribution in [0.15, 0.2) is 36.4 Å². The summed E-state index contributed by atoms with van der Waals surface area (Å²) in [7, 11) is 0. The van der Waals surface area contributed by atoms with Crippen molar-refractivity contribution in [3.63, 3.8) is 0 Å². The van der Waals surface area contributed by atoms with Gasteiger partial charge in [0.25, 0.3) is 0 Å². The molecule has 0 amide bonds. The van der Waals surface area contributed by atoms with E-state index in [0.29, 0.717) is 17.5 Å². The third-order valence-corrected chi connectivity index (χ3v) is 2.49. The Labute approximate surface area is 104 Å². The van der Waals surface area contributed by atoms with E-state index in [0.717, 1.165) is 11.3 Å². The van der Waals surface area contributed by atoms with Crippen molar-refractivity contribution in [1.82, 2.24) is 4.98 Å². The molecule has 0 aliphatic heterocycles. The molecule has 1 heterocycles. The highest BCUT2D eigenvalue weighted by atomic mass is 35.5. The second-order valence-electron chi connectivity index (χ2n) is 3.64. The van der Waals surface area contributed by atoms with Crippen molar-refractivity contribution >= 4 is 11.6 Å². The van der Waals surface area contributed by atoms with E-state index in [-0.39, 0.29) is 5.82 Å². The van der Waals surface area contributed by atoms with Crippen LogP contribution in [0.2, 0.25) is 0 Å². The predicted octanol–water partition coefficient (Wildman–Crippen LogP) is 4.06. The summed E-state index contributed by atoms with van der Waals surface area (Å²) in [4.78, 5) is 4.22. The fourth-order valence-corrected chi connectivity index (χ4v) is 1.61. The Balaban J connectivity index is 2.23. The van der Waals surface area contributed by atoms with Gasteiger partial charge in [-0.2, -0.15) is 0 Å². The molecule has 0 saturated carbocycles. The summed E-state index contributed by atoms with van der Waals surface area (Å²) < 4.78 is 18.2. The predicted molar refractivity (Wildman–Crippen MR) is 65.0 cm³/mol. The summed E-state index contributed by atoms with van der Waals surface area (Å²) >= 11 is 5.76. The Kier molecular flexibility index (Phi) is 3.59. The van der Waals surface area contributed by atoms with Crippen molar-refractivity contribution in [2.24, 2.45) is 0 Å². The fourth-order valence-electron chi connectivity index (χ4n) is 1.46. The second-order valence-corrected chi connectivity index (χ2v) is 3.91. The first-order valence-electron chi connectivity index (χ1n) is 5.14. The first-order chi connectivity index (χ1) is 8.17. The molecule has 2 rings (SSSR count). The van der Waals surface area contributed by atoms with Crippen molar-refractivity contribution in [3.05, 3.63) is 53.5 Å². The van der Waals surface area contributed by atoms with Crippen LogP contribution in [0, 0.1) is 12.7 Å². The van der Waals surface area contributed by atoms with Crippen molar-refractivity contribution in [2.75, 3.05) is 0 Å². The number of benzene rings is 1. The van der Waals surface area contributed by atoms with E-state index in [9.17, 15) is 4.39 Å². The van der Waals surface area contributed by atoms with E-state index in [4.69, 9.17) is 16.3 Å². The van der Waals surface area contributed by atoms with E-state index in [1.807, 2.05) is 13.0 Å². The third kappa shape index (κ3) is 3.17. The molecule has 4 heteroatoms. The lowest BCUT2D eigenvalue weighted by Crippen LogP contribution is -1.92. The normalized spacial score (nSPS) is 10.3. The average molecular weight is 252 g/mol. The smallest absolute Gasteiger partial charge is 0.219 e. The van der Waals surface area contributed by atoms with Gasteiger partial charge in [-0.25, -0.2) is 9.37 Å². The maximum atomic E-state index is 12.7. The summed E-state index contributed by atoms with van der Waals surface area (Å²) in [5.41, 5.74) is 1.77. The second kappa shape index (κ2) is 5.15. The summed E-state index contributed by atoms with van der Waals surface area (Å²) in [5.74, 6) is 1.12. The van der Waals surface area contributed by atoms with Crippen LogP contribution < -0.4 is 4.74 Å². The number of aromatic nitrogens is 1. The van der Waals surface area contributed by atoms with Gasteiger partial charge in [0.1, 0.15) is 11.6 Å². The van der Waals surface area contributed by atoms with Crippen LogP contribution in [0.3, 0.4) is 0 Å². The molecule has 2 aromatic rings. The molecule has 88 valence electrons. The van der Waals surface area contributed by atoms with Gasteiger partial charge in [0, 0.05) is 17.6 Å². The average Bonchev–Trinajstić information content (AvgIpc) is 2.31. The van der Waals surface area contributed by atoms with Gasteiger partial charge in [-0.15, -0.1) is 11.6 Å². The zero-order valence-electron chi connectivity index (χ0n) is 9.28. The largest absolute Gasteiger partial charge is 0.439 e. The Hall–Kier alpha value is -1.61. The lowest BCUT2D eigenvalue weighted by atomic mass is 10.2. The third-order valence-electron chi connectivity index (χ3n) is 2.18. The van der Waals surface area contributed by atoms with Gasteiger partial charge in [0.15, 0.2) is 0 Å². The molecule has 0 unspecified atom stereocenters. The lowest BCUT2D eigenvalue weighted by molar-refractivity contribution is 0.459. The topological polar surface area (TPSA) is 22.1 Å². The molecule has 1 aromatic carbocycles. The molecule has 0 N–H and O–H groups in total. The summed E-state index contributed by atoms with van der Waals surface area (Å²) in [6.45, 7) is 1.87. The van der Waals surface area contributed by atoms with Gasteiger partial charge < -0.3 is 4.74 Å². The number of hydrogen-bond acceptors (Lipinski definition) is 2. The maximum Gasteiger partial charge on any atom is 0.219 e. The van der Waals surface area contributed by atoms with E-state index in [1.165, 1.54) is 12.1 Å². The highest BCUT2D eigenvalue weighted by Gasteiger charge is 2.02. The van der Waals surface area contributed by atoms with E-state index in [1.54, 1.807) is 18.2 Å². The summed E-state index contributed by atoms with van der Waals surface area (Å²) in [6.07, 6.45) is 0. The molecule has 2 nitrogen and oxygen atoms in total. The number of halogens is 2. The van der Waals surface area contributed by atoms with Crippen LogP contribution in [-0.2, 0) is 5.88 Å². The molecular formula is C13H11ClFNO. The summed E-state index contributed by atoms with van der Waals surface area (Å²) in [6, 6.07) is 9.45. The summed E-state index contributed by atoms with van der Waals surface area (Å²) in [5, 5.41) is 0. The van der Waals surface area contributed by atoms with Crippen molar-refractivity contribution < 1.29 is 9.13 Å². The van der Waals surface area contributed by atoms with Crippen molar-refractivity contribution in [3.8, 4) is 11.6 Å². The van der Waals surface area contributed by atoms with Crippen LogP contribution in [0.4, 0.5) is 4.39 Å². The van der Waals surface area contributed by atoms with Gasteiger partial charge in [-0.3, -0.25) is 0 Å². The van der Waals surface area contributed by atoms with Gasteiger partial charge in [0.2, 0.25) is 5.88 Å². The number of ether oxygens (including phenoxy) is 1. The number of alkyl halides is 1. The van der Waals surface area contributed by atoms with Crippen LogP contribution in [0.1, 0.15) is 11.3 Å². The van der Waals surface area contributed by atoms with Gasteiger partial charge in [-0.05, 0) is 42.8 Å². The Morgan fingerprint density at radius 1 is 1.24 bits per heavy atom. The number of nitrogens with zero attached hydrogens (tertiary/aromatic N) is 1. The van der Waals surface area contributed by atoms with E-state index >= 15 is 0 Å². The van der Waals surface area contributed by atoms with Crippen LogP contribution >= 0.6 is 11.6 Å². The zero-order chi connectivity index (χ0) is 12.3. The number of hydrogen-bond donors (Lipinski definition) is 0. The molecule has 0 radical (unpaired) electrons. The SMILES string of the molecule is Cc1cc(CCl)cc(Oc2ccc(F)cc2)n1. The van der Waals surface area contributed by atoms with Gasteiger partial charge in [0.05, 0.1) is 0 Å². The van der Waals surface area contributed by atoms with Gasteiger partial charge >= 0.3 is 0 Å². The molecule has 0 aliphatic rings. The first-order valence-corrected chi connectivity index (χ1v) is 5.68. The molecule has 0 saturated heterocycles. The minimum atomic E-state index is -0.295. The minimum Gasteiger partial charge on any atom is -0.439 e. The van der Waals surface area contributed by atoms with E-state index < -0.39 is 0 Å². The molecule has 0 bridgehead atoms. The maximum absolute atomic E-state index is 12.7. The standard InChI is InChI=1S/C13H11ClFNO/c1-9-6-10(8-14)7-13(16-9)17-12-4-2-11(15)3-5-12/h2-7H,8H2,1H3. The van der Waals surface area contributed by atoms with Crippen LogP contribution in [-0.4, -0.2) is 4.98 Å². The number of rotatable bonds is 3. The molecule has 0 spiro atoms. The highest BCUT2D eigenvalue weighted by molar-refractivity contribution is 6.17. The fraction of sp³-hybridized carbons (Fsp3) is 0.154.